The van der Waals surface area contributed by atoms with Crippen molar-refractivity contribution in [1.29, 1.82) is 0 Å². The third kappa shape index (κ3) is 2.41. The molecule has 2 fully saturated rings. The summed E-state index contributed by atoms with van der Waals surface area (Å²) in [6.45, 7) is 1.11. The molecular weight excluding hydrogens is 313 g/mol. The number of anilines is 1. The number of benzene rings is 2. The zero-order valence-corrected chi connectivity index (χ0v) is 13.9. The number of rotatable bonds is 2. The summed E-state index contributed by atoms with van der Waals surface area (Å²) in [5.74, 6) is 1.52. The molecule has 2 aliphatic rings. The topological polar surface area (TPSA) is 3.24 Å². The third-order valence-corrected chi connectivity index (χ3v) is 5.84. The summed E-state index contributed by atoms with van der Waals surface area (Å²) < 4.78 is 0. The number of nitrogens with zero attached hydrogens (tertiary/aromatic N) is 1. The predicted molar refractivity (Wildman–Crippen MR) is 93.8 cm³/mol. The van der Waals surface area contributed by atoms with Crippen LogP contribution < -0.4 is 4.90 Å². The number of fused-ring (bicyclic) bond motifs is 1. The van der Waals surface area contributed by atoms with Gasteiger partial charge in [0.2, 0.25) is 0 Å². The second kappa shape index (κ2) is 5.79. The van der Waals surface area contributed by atoms with Gasteiger partial charge in [-0.15, -0.1) is 0 Å². The Morgan fingerprint density at radius 1 is 0.909 bits per heavy atom. The Morgan fingerprint density at radius 2 is 1.68 bits per heavy atom. The van der Waals surface area contributed by atoms with E-state index < -0.39 is 0 Å². The number of halogens is 2. The molecule has 0 bridgehead atoms. The van der Waals surface area contributed by atoms with Gasteiger partial charge in [0.1, 0.15) is 0 Å². The van der Waals surface area contributed by atoms with Crippen molar-refractivity contribution in [3.05, 3.63) is 64.1 Å². The van der Waals surface area contributed by atoms with E-state index >= 15 is 0 Å². The van der Waals surface area contributed by atoms with Crippen LogP contribution in [0, 0.1) is 11.8 Å². The number of hydrogen-bond acceptors (Lipinski definition) is 1. The summed E-state index contributed by atoms with van der Waals surface area (Å²) in [6, 6.07) is 17.0. The van der Waals surface area contributed by atoms with Crippen molar-refractivity contribution >= 4 is 28.9 Å². The van der Waals surface area contributed by atoms with Gasteiger partial charge in [0.05, 0.1) is 16.8 Å². The molecule has 2 aromatic rings. The summed E-state index contributed by atoms with van der Waals surface area (Å²) >= 11 is 12.5. The third-order valence-electron chi connectivity index (χ3n) is 5.26. The fourth-order valence-corrected chi connectivity index (χ4v) is 4.70. The van der Waals surface area contributed by atoms with Crippen LogP contribution in [0.1, 0.15) is 30.9 Å². The number of hydrogen-bond donors (Lipinski definition) is 0. The Labute approximate surface area is 141 Å². The second-order valence-electron chi connectivity index (χ2n) is 6.45. The molecule has 3 unspecified atom stereocenters. The molecule has 0 aromatic heterocycles. The van der Waals surface area contributed by atoms with Crippen molar-refractivity contribution in [3.8, 4) is 0 Å². The highest BCUT2D eigenvalue weighted by Gasteiger charge is 2.45. The lowest BCUT2D eigenvalue weighted by atomic mass is 9.89. The molecular formula is C19H19Cl2N. The van der Waals surface area contributed by atoms with Crippen LogP contribution in [0.25, 0.3) is 0 Å². The van der Waals surface area contributed by atoms with Gasteiger partial charge in [-0.1, -0.05) is 53.9 Å². The summed E-state index contributed by atoms with van der Waals surface area (Å²) in [4.78, 5) is 2.51. The average molecular weight is 332 g/mol. The summed E-state index contributed by atoms with van der Waals surface area (Å²) in [7, 11) is 0. The van der Waals surface area contributed by atoms with Crippen molar-refractivity contribution in [3.63, 3.8) is 0 Å². The smallest absolute Gasteiger partial charge is 0.0639 e. The van der Waals surface area contributed by atoms with E-state index in [1.807, 2.05) is 24.3 Å². The van der Waals surface area contributed by atoms with E-state index in [9.17, 15) is 0 Å². The maximum absolute atomic E-state index is 6.48. The lowest BCUT2D eigenvalue weighted by molar-refractivity contribution is 0.430. The highest BCUT2D eigenvalue weighted by atomic mass is 35.5. The molecule has 3 atom stereocenters. The molecule has 1 aliphatic heterocycles. The van der Waals surface area contributed by atoms with E-state index in [4.69, 9.17) is 23.2 Å². The monoisotopic (exact) mass is 331 g/mol. The van der Waals surface area contributed by atoms with E-state index in [1.54, 1.807) is 0 Å². The van der Waals surface area contributed by atoms with Gasteiger partial charge in [-0.05, 0) is 54.5 Å². The Morgan fingerprint density at radius 3 is 2.45 bits per heavy atom. The minimum absolute atomic E-state index is 0.421. The minimum atomic E-state index is 0.421. The Bertz CT molecular complexity index is 667. The van der Waals surface area contributed by atoms with Crippen molar-refractivity contribution in [2.45, 2.75) is 25.3 Å². The summed E-state index contributed by atoms with van der Waals surface area (Å²) in [5.41, 5.74) is 2.53. The molecule has 0 amide bonds. The maximum atomic E-state index is 6.48. The zero-order chi connectivity index (χ0) is 15.1. The Kier molecular flexibility index (Phi) is 3.79. The van der Waals surface area contributed by atoms with Crippen LogP contribution in [0.2, 0.25) is 10.0 Å². The van der Waals surface area contributed by atoms with Crippen LogP contribution in [-0.4, -0.2) is 6.54 Å². The average Bonchev–Trinajstić information content (AvgIpc) is 3.09. The lowest BCUT2D eigenvalue weighted by Gasteiger charge is -2.31. The van der Waals surface area contributed by atoms with Gasteiger partial charge in [-0.25, -0.2) is 0 Å². The summed E-state index contributed by atoms with van der Waals surface area (Å²) in [6.07, 6.45) is 4.02. The minimum Gasteiger partial charge on any atom is -0.363 e. The highest BCUT2D eigenvalue weighted by molar-refractivity contribution is 6.33. The van der Waals surface area contributed by atoms with Gasteiger partial charge in [0.25, 0.3) is 0 Å². The van der Waals surface area contributed by atoms with Gasteiger partial charge in [0, 0.05) is 11.6 Å². The molecule has 22 heavy (non-hydrogen) atoms. The number of para-hydroxylation sites is 1. The van der Waals surface area contributed by atoms with Gasteiger partial charge in [-0.2, -0.15) is 0 Å². The Hall–Kier alpha value is -1.18. The quantitative estimate of drug-likeness (QED) is 0.655. The highest BCUT2D eigenvalue weighted by Crippen LogP contribution is 2.51. The molecule has 1 heterocycles. The molecule has 1 saturated heterocycles. The fourth-order valence-electron chi connectivity index (χ4n) is 4.33. The largest absolute Gasteiger partial charge is 0.363 e. The molecule has 4 rings (SSSR count). The van der Waals surface area contributed by atoms with E-state index in [0.717, 1.165) is 28.4 Å². The Balaban J connectivity index is 1.76. The molecule has 0 N–H and O–H groups in total. The van der Waals surface area contributed by atoms with E-state index in [0.29, 0.717) is 6.04 Å². The first kappa shape index (κ1) is 14.4. The maximum Gasteiger partial charge on any atom is 0.0639 e. The zero-order valence-electron chi connectivity index (χ0n) is 12.4. The van der Waals surface area contributed by atoms with Crippen LogP contribution in [-0.2, 0) is 0 Å². The molecule has 1 nitrogen and oxygen atoms in total. The van der Waals surface area contributed by atoms with Gasteiger partial charge < -0.3 is 4.90 Å². The summed E-state index contributed by atoms with van der Waals surface area (Å²) in [5, 5.41) is 1.65. The van der Waals surface area contributed by atoms with E-state index in [2.05, 4.69) is 29.2 Å². The second-order valence-corrected chi connectivity index (χ2v) is 7.30. The first-order chi connectivity index (χ1) is 10.7. The first-order valence-corrected chi connectivity index (χ1v) is 8.76. The van der Waals surface area contributed by atoms with Gasteiger partial charge >= 0.3 is 0 Å². The standard InChI is InChI=1S/C19H19Cl2N/c20-15-10-8-13(9-11-15)19-16-5-3-4-14(16)12-22(19)18-7-2-1-6-17(18)21/h1-2,6-11,14,16,19H,3-5,12H2. The van der Waals surface area contributed by atoms with Gasteiger partial charge in [-0.3, -0.25) is 0 Å². The SMILES string of the molecule is Clc1ccc(C2C3CCCC3CN2c2ccccc2Cl)cc1. The lowest BCUT2D eigenvalue weighted by Crippen LogP contribution is -2.25. The molecule has 0 spiro atoms. The van der Waals surface area contributed by atoms with Crippen LogP contribution >= 0.6 is 23.2 Å². The van der Waals surface area contributed by atoms with Crippen LogP contribution in [0.15, 0.2) is 48.5 Å². The normalized spacial score (nSPS) is 27.2. The molecule has 0 radical (unpaired) electrons. The van der Waals surface area contributed by atoms with Crippen LogP contribution in [0.4, 0.5) is 5.69 Å². The molecule has 3 heteroatoms. The predicted octanol–water partition coefficient (Wildman–Crippen LogP) is 5.97. The van der Waals surface area contributed by atoms with Gasteiger partial charge in [0.15, 0.2) is 0 Å². The van der Waals surface area contributed by atoms with E-state index in [1.165, 1.54) is 30.5 Å². The van der Waals surface area contributed by atoms with Crippen LogP contribution in [0.5, 0.6) is 0 Å². The van der Waals surface area contributed by atoms with Crippen molar-refractivity contribution < 1.29 is 0 Å². The molecule has 114 valence electrons. The fraction of sp³-hybridized carbons (Fsp3) is 0.368. The van der Waals surface area contributed by atoms with Crippen molar-refractivity contribution in [2.24, 2.45) is 11.8 Å². The first-order valence-electron chi connectivity index (χ1n) is 8.00. The molecule has 2 aromatic carbocycles. The molecule has 1 aliphatic carbocycles. The molecule has 1 saturated carbocycles. The van der Waals surface area contributed by atoms with Crippen molar-refractivity contribution in [2.75, 3.05) is 11.4 Å². The van der Waals surface area contributed by atoms with E-state index in [-0.39, 0.29) is 0 Å². The van der Waals surface area contributed by atoms with Crippen LogP contribution in [0.3, 0.4) is 0 Å². The van der Waals surface area contributed by atoms with Crippen molar-refractivity contribution in [1.82, 2.24) is 0 Å².